The minimum absolute atomic E-state index is 0.0890. The van der Waals surface area contributed by atoms with Crippen molar-refractivity contribution in [3.63, 3.8) is 0 Å². The third-order valence-electron chi connectivity index (χ3n) is 4.24. The predicted molar refractivity (Wildman–Crippen MR) is 72.9 cm³/mol. The van der Waals surface area contributed by atoms with Gasteiger partial charge in [-0.2, -0.15) is 0 Å². The molecule has 0 radical (unpaired) electrons. The molecule has 0 bridgehead atoms. The second-order valence-electron chi connectivity index (χ2n) is 5.97. The van der Waals surface area contributed by atoms with Crippen molar-refractivity contribution in [2.75, 3.05) is 26.7 Å². The first kappa shape index (κ1) is 14.6. The fraction of sp³-hybridized carbons (Fsp3) is 0.929. The molecule has 3 unspecified atom stereocenters. The van der Waals surface area contributed by atoms with E-state index >= 15 is 0 Å². The molecular formula is C14H26N2O3. The number of hydrogen-bond donors (Lipinski definition) is 2. The highest BCUT2D eigenvalue weighted by Gasteiger charge is 2.34. The minimum Gasteiger partial charge on any atom is -0.453 e. The van der Waals surface area contributed by atoms with Gasteiger partial charge in [0, 0.05) is 25.7 Å². The highest BCUT2D eigenvalue weighted by atomic mass is 16.5. The quantitative estimate of drug-likeness (QED) is 0.788. The Balaban J connectivity index is 1.91. The standard InChI is InChI=1S/C14H26N2O3/c1-3-13(17)11-6-12(15-14(18)19-2)9-16(8-11)7-10-4-5-10/h10-13,17H,3-9H2,1-2H3,(H,15,18). The van der Waals surface area contributed by atoms with Crippen LogP contribution >= 0.6 is 0 Å². The van der Waals surface area contributed by atoms with Gasteiger partial charge in [-0.15, -0.1) is 0 Å². The number of amides is 1. The Labute approximate surface area is 115 Å². The van der Waals surface area contributed by atoms with E-state index in [-0.39, 0.29) is 24.2 Å². The third-order valence-corrected chi connectivity index (χ3v) is 4.24. The fourth-order valence-electron chi connectivity index (χ4n) is 2.99. The molecule has 1 amide bonds. The van der Waals surface area contributed by atoms with Crippen LogP contribution in [0.1, 0.15) is 32.6 Å². The number of likely N-dealkylation sites (tertiary alicyclic amines) is 1. The zero-order valence-corrected chi connectivity index (χ0v) is 12.0. The number of aliphatic hydroxyl groups is 1. The molecule has 1 saturated carbocycles. The lowest BCUT2D eigenvalue weighted by Crippen LogP contribution is -2.53. The molecule has 0 aromatic rings. The Bertz CT molecular complexity index is 307. The number of alkyl carbamates (subject to hydrolysis) is 1. The van der Waals surface area contributed by atoms with Gasteiger partial charge in [-0.05, 0) is 37.5 Å². The number of methoxy groups -OCH3 is 1. The van der Waals surface area contributed by atoms with Gasteiger partial charge in [0.2, 0.25) is 0 Å². The summed E-state index contributed by atoms with van der Waals surface area (Å²) in [6.45, 7) is 4.93. The van der Waals surface area contributed by atoms with Gasteiger partial charge >= 0.3 is 6.09 Å². The first-order valence-corrected chi connectivity index (χ1v) is 7.37. The van der Waals surface area contributed by atoms with Gasteiger partial charge in [0.15, 0.2) is 0 Å². The molecule has 1 saturated heterocycles. The Morgan fingerprint density at radius 2 is 2.21 bits per heavy atom. The van der Waals surface area contributed by atoms with Crippen LogP contribution in [0.2, 0.25) is 0 Å². The van der Waals surface area contributed by atoms with E-state index in [1.165, 1.54) is 20.0 Å². The van der Waals surface area contributed by atoms with Crippen LogP contribution in [0.15, 0.2) is 0 Å². The lowest BCUT2D eigenvalue weighted by Gasteiger charge is -2.39. The third kappa shape index (κ3) is 4.35. The number of ether oxygens (including phenoxy) is 1. The molecule has 1 heterocycles. The molecule has 2 fully saturated rings. The lowest BCUT2D eigenvalue weighted by atomic mass is 9.88. The molecule has 0 aromatic heterocycles. The van der Waals surface area contributed by atoms with Crippen molar-refractivity contribution in [3.8, 4) is 0 Å². The molecule has 2 N–H and O–H groups in total. The molecule has 5 heteroatoms. The van der Waals surface area contributed by atoms with Gasteiger partial charge in [0.25, 0.3) is 0 Å². The van der Waals surface area contributed by atoms with Crippen LogP contribution in [0.3, 0.4) is 0 Å². The van der Waals surface area contributed by atoms with Gasteiger partial charge in [-0.1, -0.05) is 6.92 Å². The molecule has 3 atom stereocenters. The summed E-state index contributed by atoms with van der Waals surface area (Å²) in [7, 11) is 1.39. The van der Waals surface area contributed by atoms with E-state index in [0.717, 1.165) is 38.4 Å². The van der Waals surface area contributed by atoms with E-state index < -0.39 is 0 Å². The van der Waals surface area contributed by atoms with Gasteiger partial charge in [0.05, 0.1) is 13.2 Å². The van der Waals surface area contributed by atoms with Crippen molar-refractivity contribution in [2.24, 2.45) is 11.8 Å². The Hall–Kier alpha value is -0.810. The number of carbonyl (C=O) groups excluding carboxylic acids is 1. The van der Waals surface area contributed by atoms with E-state index in [1.807, 2.05) is 6.92 Å². The summed E-state index contributed by atoms with van der Waals surface area (Å²) in [5.41, 5.74) is 0. The number of nitrogens with zero attached hydrogens (tertiary/aromatic N) is 1. The zero-order chi connectivity index (χ0) is 13.8. The molecule has 1 aliphatic heterocycles. The van der Waals surface area contributed by atoms with Crippen LogP contribution in [0.5, 0.6) is 0 Å². The molecule has 2 aliphatic rings. The smallest absolute Gasteiger partial charge is 0.407 e. The van der Waals surface area contributed by atoms with Crippen LogP contribution in [0.25, 0.3) is 0 Å². The van der Waals surface area contributed by atoms with Crippen molar-refractivity contribution < 1.29 is 14.6 Å². The monoisotopic (exact) mass is 270 g/mol. The Morgan fingerprint density at radius 3 is 2.79 bits per heavy atom. The number of aliphatic hydroxyl groups excluding tert-OH is 1. The topological polar surface area (TPSA) is 61.8 Å². The maximum atomic E-state index is 11.4. The average molecular weight is 270 g/mol. The normalized spacial score (nSPS) is 29.8. The average Bonchev–Trinajstić information content (AvgIpc) is 3.21. The summed E-state index contributed by atoms with van der Waals surface area (Å²) in [5.74, 6) is 1.08. The maximum Gasteiger partial charge on any atom is 0.407 e. The van der Waals surface area contributed by atoms with E-state index in [9.17, 15) is 9.90 Å². The van der Waals surface area contributed by atoms with Crippen molar-refractivity contribution in [2.45, 2.75) is 44.8 Å². The molecule has 5 nitrogen and oxygen atoms in total. The SMILES string of the molecule is CCC(O)C1CC(NC(=O)OC)CN(CC2CC2)C1. The molecule has 0 aromatic carbocycles. The zero-order valence-electron chi connectivity index (χ0n) is 12.0. The summed E-state index contributed by atoms with van der Waals surface area (Å²) in [6.07, 6.45) is 3.61. The molecule has 0 spiro atoms. The van der Waals surface area contributed by atoms with Crippen LogP contribution in [0, 0.1) is 11.8 Å². The maximum absolute atomic E-state index is 11.4. The predicted octanol–water partition coefficient (Wildman–Crippen LogP) is 1.21. The number of piperidine rings is 1. The number of nitrogens with one attached hydrogen (secondary N) is 1. The van der Waals surface area contributed by atoms with Gasteiger partial charge < -0.3 is 20.1 Å². The van der Waals surface area contributed by atoms with Crippen LogP contribution in [0.4, 0.5) is 4.79 Å². The summed E-state index contributed by atoms with van der Waals surface area (Å²) >= 11 is 0. The Kier molecular flexibility index (Phi) is 5.05. The summed E-state index contributed by atoms with van der Waals surface area (Å²) in [5, 5.41) is 13.0. The van der Waals surface area contributed by atoms with Crippen LogP contribution < -0.4 is 5.32 Å². The van der Waals surface area contributed by atoms with Gasteiger partial charge in [0.1, 0.15) is 0 Å². The van der Waals surface area contributed by atoms with E-state index in [4.69, 9.17) is 0 Å². The molecule has 110 valence electrons. The Morgan fingerprint density at radius 1 is 1.47 bits per heavy atom. The van der Waals surface area contributed by atoms with E-state index in [1.54, 1.807) is 0 Å². The van der Waals surface area contributed by atoms with Crippen molar-refractivity contribution in [3.05, 3.63) is 0 Å². The second-order valence-corrected chi connectivity index (χ2v) is 5.97. The van der Waals surface area contributed by atoms with Gasteiger partial charge in [-0.25, -0.2) is 4.79 Å². The number of carbonyl (C=O) groups is 1. The number of hydrogen-bond acceptors (Lipinski definition) is 4. The van der Waals surface area contributed by atoms with E-state index in [0.29, 0.717) is 0 Å². The highest BCUT2D eigenvalue weighted by molar-refractivity contribution is 5.67. The minimum atomic E-state index is -0.372. The molecule has 2 rings (SSSR count). The largest absolute Gasteiger partial charge is 0.453 e. The van der Waals surface area contributed by atoms with Crippen molar-refractivity contribution >= 4 is 6.09 Å². The van der Waals surface area contributed by atoms with Gasteiger partial charge in [-0.3, -0.25) is 0 Å². The van der Waals surface area contributed by atoms with E-state index in [2.05, 4.69) is 15.0 Å². The van der Waals surface area contributed by atoms with Crippen molar-refractivity contribution in [1.82, 2.24) is 10.2 Å². The number of rotatable bonds is 5. The summed E-state index contributed by atoms with van der Waals surface area (Å²) in [4.78, 5) is 13.7. The van der Waals surface area contributed by atoms with Crippen LogP contribution in [-0.2, 0) is 4.74 Å². The fourth-order valence-corrected chi connectivity index (χ4v) is 2.99. The first-order chi connectivity index (χ1) is 9.12. The first-order valence-electron chi connectivity index (χ1n) is 7.37. The van der Waals surface area contributed by atoms with Crippen molar-refractivity contribution in [1.29, 1.82) is 0 Å². The summed E-state index contributed by atoms with van der Waals surface area (Å²) in [6, 6.07) is 0.0890. The lowest BCUT2D eigenvalue weighted by molar-refractivity contribution is 0.0336. The highest BCUT2D eigenvalue weighted by Crippen LogP contribution is 2.32. The molecule has 1 aliphatic carbocycles. The second kappa shape index (κ2) is 6.57. The molecule has 19 heavy (non-hydrogen) atoms. The molecular weight excluding hydrogens is 244 g/mol. The summed E-state index contributed by atoms with van der Waals surface area (Å²) < 4.78 is 4.67. The van der Waals surface area contributed by atoms with Crippen LogP contribution in [-0.4, -0.2) is 55.0 Å².